The second-order valence-corrected chi connectivity index (χ2v) is 21.0. The number of anilines is 4. The summed E-state index contributed by atoms with van der Waals surface area (Å²) >= 11 is 0. The summed E-state index contributed by atoms with van der Waals surface area (Å²) < 4.78 is 5.13. The maximum absolute atomic E-state index is 2.59. The third kappa shape index (κ3) is 5.63. The van der Waals surface area contributed by atoms with Crippen molar-refractivity contribution in [1.82, 2.24) is 8.80 Å². The average Bonchev–Trinajstić information content (AvgIpc) is 4.06. The molecule has 0 saturated carbocycles. The van der Waals surface area contributed by atoms with Gasteiger partial charge in [-0.05, 0) is 102 Å². The molecule has 13 rings (SSSR count). The Hall–Kier alpha value is -7.30. The number of hydrogen-bond donors (Lipinski definition) is 0. The van der Waals surface area contributed by atoms with Gasteiger partial charge >= 0.3 is 0 Å². The van der Waals surface area contributed by atoms with E-state index in [1.165, 1.54) is 110 Å². The molecule has 2 unspecified atom stereocenters. The van der Waals surface area contributed by atoms with Crippen LogP contribution in [-0.4, -0.2) is 14.8 Å². The van der Waals surface area contributed by atoms with E-state index in [2.05, 4.69) is 242 Å². The Morgan fingerprint density at radius 3 is 1.65 bits per heavy atom. The summed E-state index contributed by atoms with van der Waals surface area (Å²) in [5.41, 5.74) is 15.2. The molecule has 0 saturated heterocycles. The van der Waals surface area contributed by atoms with Gasteiger partial charge in [-0.2, -0.15) is 0 Å². The molecule has 4 nitrogen and oxygen atoms in total. The number of fused-ring (bicyclic) bond motifs is 12. The van der Waals surface area contributed by atoms with Crippen LogP contribution in [0, 0.1) is 11.3 Å². The summed E-state index contributed by atoms with van der Waals surface area (Å²) in [6.45, 7) is 13.9. The van der Waals surface area contributed by atoms with E-state index in [4.69, 9.17) is 0 Å². The topological polar surface area (TPSA) is 15.3 Å². The first-order valence-corrected chi connectivity index (χ1v) is 23.8. The van der Waals surface area contributed by atoms with E-state index in [9.17, 15) is 0 Å². The van der Waals surface area contributed by atoms with Crippen molar-refractivity contribution >= 4 is 98.9 Å². The highest BCUT2D eigenvalue weighted by Crippen LogP contribution is 2.51. The van der Waals surface area contributed by atoms with Crippen LogP contribution in [0.15, 0.2) is 188 Å². The number of rotatable bonds is 6. The molecule has 4 heteroatoms. The molecule has 4 heterocycles. The highest BCUT2D eigenvalue weighted by molar-refractivity contribution is 6.32. The van der Waals surface area contributed by atoms with Crippen molar-refractivity contribution in [2.24, 2.45) is 11.3 Å². The Kier molecular flexibility index (Phi) is 8.35. The molecular formula is C62H54N4. The van der Waals surface area contributed by atoms with Crippen molar-refractivity contribution in [3.63, 3.8) is 0 Å². The van der Waals surface area contributed by atoms with E-state index in [1.807, 2.05) is 0 Å². The molecule has 7 aromatic carbocycles. The zero-order valence-electron chi connectivity index (χ0n) is 38.7. The van der Waals surface area contributed by atoms with Crippen LogP contribution in [0.5, 0.6) is 0 Å². The maximum Gasteiger partial charge on any atom is 0.0641 e. The normalized spacial score (nSPS) is 17.0. The first kappa shape index (κ1) is 39.1. The fourth-order valence-corrected chi connectivity index (χ4v) is 11.7. The van der Waals surface area contributed by atoms with Crippen LogP contribution in [0.25, 0.3) is 76.2 Å². The van der Waals surface area contributed by atoms with Crippen LogP contribution < -0.4 is 9.80 Å². The lowest BCUT2D eigenvalue weighted by atomic mass is 9.77. The molecule has 2 atom stereocenters. The number of aromatic nitrogens is 2. The molecule has 0 spiro atoms. The third-order valence-corrected chi connectivity index (χ3v) is 15.0. The fraction of sp³-hybridized carbons (Fsp3) is 0.194. The van der Waals surface area contributed by atoms with E-state index in [0.29, 0.717) is 5.92 Å². The molecule has 0 fully saturated rings. The molecule has 0 amide bonds. The molecule has 66 heavy (non-hydrogen) atoms. The van der Waals surface area contributed by atoms with Crippen LogP contribution in [0.1, 0.15) is 59.9 Å². The van der Waals surface area contributed by atoms with Gasteiger partial charge in [0.2, 0.25) is 0 Å². The van der Waals surface area contributed by atoms with Gasteiger partial charge in [-0.15, -0.1) is 0 Å². The minimum absolute atomic E-state index is 0.0781. The average molecular weight is 855 g/mol. The van der Waals surface area contributed by atoms with E-state index < -0.39 is 0 Å². The molecular weight excluding hydrogens is 801 g/mol. The highest BCUT2D eigenvalue weighted by atomic mass is 15.2. The predicted octanol–water partition coefficient (Wildman–Crippen LogP) is 17.0. The summed E-state index contributed by atoms with van der Waals surface area (Å²) in [5.74, 6) is 0.494. The van der Waals surface area contributed by atoms with E-state index in [-0.39, 0.29) is 16.9 Å². The quantitative estimate of drug-likeness (QED) is 0.166. The lowest BCUT2D eigenvalue weighted by Gasteiger charge is -2.34. The molecule has 11 aromatic rings. The van der Waals surface area contributed by atoms with Gasteiger partial charge in [0.15, 0.2) is 0 Å². The lowest BCUT2D eigenvalue weighted by molar-refractivity contribution is 0.293. The predicted molar refractivity (Wildman–Crippen MR) is 283 cm³/mol. The SMILES string of the molecule is CC(C)(C)c1ccc(N(c2ccc3c4cc5c(cc4n4c6ccccc6c2c34)c2ccc(N(C3=CCC(C(C)(C)C)C=C3)c3ccccc3)c3c4ccccc4n5c23)C2C=CC=CC2)cc1. The fourth-order valence-electron chi connectivity index (χ4n) is 11.7. The molecule has 0 N–H and O–H groups in total. The van der Waals surface area contributed by atoms with Crippen LogP contribution in [0.3, 0.4) is 0 Å². The van der Waals surface area contributed by atoms with Crippen molar-refractivity contribution < 1.29 is 0 Å². The molecule has 2 aliphatic rings. The number of para-hydroxylation sites is 3. The van der Waals surface area contributed by atoms with E-state index >= 15 is 0 Å². The minimum atomic E-state index is 0.0781. The van der Waals surface area contributed by atoms with E-state index in [0.717, 1.165) is 12.8 Å². The number of nitrogens with zero attached hydrogens (tertiary/aromatic N) is 4. The maximum atomic E-state index is 2.59. The Morgan fingerprint density at radius 2 is 1.09 bits per heavy atom. The van der Waals surface area contributed by atoms with Crippen LogP contribution >= 0.6 is 0 Å². The first-order chi connectivity index (χ1) is 32.0. The number of allylic oxidation sites excluding steroid dienone is 5. The second-order valence-electron chi connectivity index (χ2n) is 21.0. The molecule has 0 radical (unpaired) electrons. The lowest BCUT2D eigenvalue weighted by Crippen LogP contribution is -2.30. The smallest absolute Gasteiger partial charge is 0.0641 e. The summed E-state index contributed by atoms with van der Waals surface area (Å²) in [4.78, 5) is 5.08. The van der Waals surface area contributed by atoms with Gasteiger partial charge in [0.05, 0.1) is 50.5 Å². The monoisotopic (exact) mass is 854 g/mol. The van der Waals surface area contributed by atoms with Crippen LogP contribution in [-0.2, 0) is 5.41 Å². The Bertz CT molecular complexity index is 3840. The van der Waals surface area contributed by atoms with Crippen molar-refractivity contribution in [3.8, 4) is 0 Å². The van der Waals surface area contributed by atoms with Crippen molar-refractivity contribution in [3.05, 3.63) is 193 Å². The van der Waals surface area contributed by atoms with Crippen molar-refractivity contribution in [1.29, 1.82) is 0 Å². The number of benzene rings is 7. The summed E-state index contributed by atoms with van der Waals surface area (Å²) in [5, 5.41) is 10.3. The second kappa shape index (κ2) is 14.1. The Morgan fingerprint density at radius 1 is 0.500 bits per heavy atom. The molecule has 0 bridgehead atoms. The first-order valence-electron chi connectivity index (χ1n) is 23.8. The Balaban J connectivity index is 1.07. The summed E-state index contributed by atoms with van der Waals surface area (Å²) in [6.07, 6.45) is 18.3. The molecule has 0 aliphatic heterocycles. The zero-order chi connectivity index (χ0) is 44.6. The van der Waals surface area contributed by atoms with Gasteiger partial charge in [0.1, 0.15) is 0 Å². The highest BCUT2D eigenvalue weighted by Gasteiger charge is 2.30. The number of hydrogen-bond acceptors (Lipinski definition) is 2. The van der Waals surface area contributed by atoms with Gasteiger partial charge < -0.3 is 18.6 Å². The largest absolute Gasteiger partial charge is 0.334 e. The van der Waals surface area contributed by atoms with Gasteiger partial charge in [-0.25, -0.2) is 0 Å². The van der Waals surface area contributed by atoms with Gasteiger partial charge in [-0.3, -0.25) is 0 Å². The van der Waals surface area contributed by atoms with Crippen LogP contribution in [0.4, 0.5) is 22.7 Å². The standard InChI is InChI=1S/C62H54N4/c1-61(2,3)39-25-29-43(30-26-39)63(41-17-9-7-10-18-41)53-35-33-45-49-37-56-50(38-55(49)65-51-23-15-13-21-47(51)57(53)59(45)65)46-34-36-54(58-48-22-14-16-24-52(48)66(56)60(46)58)64(42-19-11-8-12-20-42)44-31-27-40(28-32-44)62(4,5)6/h7-19,21-25,27-39,42H,20,26H2,1-6H3. The van der Waals surface area contributed by atoms with Crippen LogP contribution in [0.2, 0.25) is 0 Å². The van der Waals surface area contributed by atoms with Crippen molar-refractivity contribution in [2.75, 3.05) is 9.80 Å². The van der Waals surface area contributed by atoms with Crippen molar-refractivity contribution in [2.45, 2.75) is 65.8 Å². The third-order valence-electron chi connectivity index (χ3n) is 15.0. The Labute approximate surface area is 386 Å². The summed E-state index contributed by atoms with van der Waals surface area (Å²) in [7, 11) is 0. The molecule has 4 aromatic heterocycles. The zero-order valence-corrected chi connectivity index (χ0v) is 38.7. The minimum Gasteiger partial charge on any atom is -0.334 e. The van der Waals surface area contributed by atoms with Gasteiger partial charge in [-0.1, -0.05) is 157 Å². The van der Waals surface area contributed by atoms with Gasteiger partial charge in [0.25, 0.3) is 0 Å². The van der Waals surface area contributed by atoms with Gasteiger partial charge in [0, 0.05) is 60.2 Å². The molecule has 322 valence electrons. The summed E-state index contributed by atoms with van der Waals surface area (Å²) in [6, 6.07) is 53.1. The van der Waals surface area contributed by atoms with E-state index in [1.54, 1.807) is 0 Å². The molecule has 2 aliphatic carbocycles.